The maximum Gasteiger partial charge on any atom is 0.349 e. The molecule has 2 aliphatic rings. The number of thioether (sulfide) groups is 1. The van der Waals surface area contributed by atoms with Gasteiger partial charge in [-0.1, -0.05) is 19.3 Å². The van der Waals surface area contributed by atoms with E-state index in [1.807, 2.05) is 0 Å². The van der Waals surface area contributed by atoms with Gasteiger partial charge in [0.1, 0.15) is 0 Å². The van der Waals surface area contributed by atoms with Gasteiger partial charge in [-0.05, 0) is 18.2 Å². The first-order valence-electron chi connectivity index (χ1n) is 6.30. The molecule has 0 unspecified atom stereocenters. The van der Waals surface area contributed by atoms with Crippen molar-refractivity contribution in [2.45, 2.75) is 57.0 Å². The smallest absolute Gasteiger partial charge is 0.349 e. The zero-order chi connectivity index (χ0) is 13.2. The summed E-state index contributed by atoms with van der Waals surface area (Å²) in [6.07, 6.45) is 6.02. The van der Waals surface area contributed by atoms with Crippen LogP contribution < -0.4 is 0 Å². The Balaban J connectivity index is 1.99. The van der Waals surface area contributed by atoms with E-state index < -0.39 is 17.7 Å². The van der Waals surface area contributed by atoms with Crippen LogP contribution in [-0.4, -0.2) is 23.0 Å². The van der Waals surface area contributed by atoms with Gasteiger partial charge in [-0.2, -0.15) is 0 Å². The van der Waals surface area contributed by atoms with Crippen LogP contribution in [0.1, 0.15) is 46.0 Å². The average molecular weight is 270 g/mol. The third-order valence-corrected chi connectivity index (χ3v) is 4.28. The van der Waals surface area contributed by atoms with Gasteiger partial charge >= 0.3 is 11.9 Å². The Labute approximate surface area is 111 Å². The molecule has 1 aliphatic heterocycles. The predicted molar refractivity (Wildman–Crippen MR) is 68.8 cm³/mol. The molecule has 0 spiro atoms. The molecule has 0 aromatic heterocycles. The minimum Gasteiger partial charge on any atom is -0.419 e. The molecule has 2 fully saturated rings. The van der Waals surface area contributed by atoms with Crippen molar-refractivity contribution in [3.63, 3.8) is 0 Å². The van der Waals surface area contributed by atoms with Crippen LogP contribution in [-0.2, 0) is 19.1 Å². The van der Waals surface area contributed by atoms with Gasteiger partial charge in [0.2, 0.25) is 0 Å². The Morgan fingerprint density at radius 2 is 1.67 bits per heavy atom. The van der Waals surface area contributed by atoms with Gasteiger partial charge in [-0.3, -0.25) is 0 Å². The Kier molecular flexibility index (Phi) is 4.00. The van der Waals surface area contributed by atoms with Crippen LogP contribution in [0.2, 0.25) is 0 Å². The third kappa shape index (κ3) is 3.28. The Morgan fingerprint density at radius 1 is 1.11 bits per heavy atom. The van der Waals surface area contributed by atoms with Gasteiger partial charge in [0.05, 0.1) is 0 Å². The number of esters is 2. The summed E-state index contributed by atoms with van der Waals surface area (Å²) in [5.74, 6) is -2.32. The molecule has 0 bridgehead atoms. The zero-order valence-corrected chi connectivity index (χ0v) is 11.5. The van der Waals surface area contributed by atoms with Gasteiger partial charge in [0, 0.05) is 19.1 Å². The monoisotopic (exact) mass is 270 g/mol. The lowest BCUT2D eigenvalue weighted by Gasteiger charge is -2.30. The van der Waals surface area contributed by atoms with Gasteiger partial charge < -0.3 is 9.47 Å². The van der Waals surface area contributed by atoms with Crippen LogP contribution in [0.15, 0.2) is 11.0 Å². The Bertz CT molecular complexity index is 358. The van der Waals surface area contributed by atoms with Gasteiger partial charge in [-0.15, -0.1) is 11.8 Å². The summed E-state index contributed by atoms with van der Waals surface area (Å²) in [5.41, 5.74) is 0.0184. The molecule has 0 amide bonds. The van der Waals surface area contributed by atoms with Crippen molar-refractivity contribution in [2.75, 3.05) is 0 Å². The van der Waals surface area contributed by atoms with Crippen molar-refractivity contribution in [3.05, 3.63) is 11.0 Å². The van der Waals surface area contributed by atoms with Crippen molar-refractivity contribution in [2.24, 2.45) is 0 Å². The highest BCUT2D eigenvalue weighted by Gasteiger charge is 2.39. The van der Waals surface area contributed by atoms with E-state index in [4.69, 9.17) is 9.47 Å². The fourth-order valence-electron chi connectivity index (χ4n) is 2.12. The van der Waals surface area contributed by atoms with Crippen molar-refractivity contribution in [1.82, 2.24) is 0 Å². The van der Waals surface area contributed by atoms with Gasteiger partial charge in [-0.25, -0.2) is 9.59 Å². The highest BCUT2D eigenvalue weighted by Crippen LogP contribution is 2.31. The zero-order valence-electron chi connectivity index (χ0n) is 10.7. The van der Waals surface area contributed by atoms with Crippen molar-refractivity contribution in [3.8, 4) is 0 Å². The largest absolute Gasteiger partial charge is 0.419 e. The molecule has 1 aliphatic carbocycles. The average Bonchev–Trinajstić information content (AvgIpc) is 2.27. The molecule has 5 heteroatoms. The van der Waals surface area contributed by atoms with Crippen LogP contribution in [0.4, 0.5) is 0 Å². The van der Waals surface area contributed by atoms with Crippen LogP contribution >= 0.6 is 11.8 Å². The molecular weight excluding hydrogens is 252 g/mol. The molecule has 1 heterocycles. The summed E-state index contributed by atoms with van der Waals surface area (Å²) in [4.78, 5) is 23.4. The third-order valence-electron chi connectivity index (χ3n) is 3.05. The van der Waals surface area contributed by atoms with Crippen molar-refractivity contribution < 1.29 is 19.1 Å². The van der Waals surface area contributed by atoms with Gasteiger partial charge in [0.15, 0.2) is 5.57 Å². The lowest BCUT2D eigenvalue weighted by atomic mass is 10.0. The summed E-state index contributed by atoms with van der Waals surface area (Å²) in [6.45, 7) is 3.10. The highest BCUT2D eigenvalue weighted by atomic mass is 32.2. The molecule has 0 aromatic rings. The minimum absolute atomic E-state index is 0.0184. The van der Waals surface area contributed by atoms with Crippen molar-refractivity contribution in [1.29, 1.82) is 0 Å². The number of cyclic esters (lactones) is 2. The van der Waals surface area contributed by atoms with E-state index in [9.17, 15) is 9.59 Å². The van der Waals surface area contributed by atoms with Gasteiger partial charge in [0.25, 0.3) is 5.79 Å². The Morgan fingerprint density at radius 3 is 2.22 bits per heavy atom. The lowest BCUT2D eigenvalue weighted by molar-refractivity contribution is -0.222. The number of ether oxygens (including phenoxy) is 2. The number of carbonyl (C=O) groups is 2. The molecule has 18 heavy (non-hydrogen) atoms. The number of hydrogen-bond donors (Lipinski definition) is 0. The van der Waals surface area contributed by atoms with E-state index in [-0.39, 0.29) is 5.57 Å². The normalized spacial score (nSPS) is 24.4. The molecule has 1 saturated heterocycles. The molecule has 0 N–H and O–H groups in total. The van der Waals surface area contributed by atoms with Crippen LogP contribution in [0.3, 0.4) is 0 Å². The van der Waals surface area contributed by atoms with E-state index >= 15 is 0 Å². The highest BCUT2D eigenvalue weighted by molar-refractivity contribution is 8.02. The molecule has 1 saturated carbocycles. The van der Waals surface area contributed by atoms with Crippen LogP contribution in [0.5, 0.6) is 0 Å². The first-order chi connectivity index (χ1) is 8.48. The second-order valence-electron chi connectivity index (χ2n) is 5.11. The number of carbonyl (C=O) groups excluding carboxylic acids is 2. The van der Waals surface area contributed by atoms with E-state index in [0.29, 0.717) is 5.25 Å². The molecule has 100 valence electrons. The van der Waals surface area contributed by atoms with E-state index in [1.54, 1.807) is 31.0 Å². The number of rotatable bonds is 2. The van der Waals surface area contributed by atoms with Crippen LogP contribution in [0.25, 0.3) is 0 Å². The summed E-state index contributed by atoms with van der Waals surface area (Å²) >= 11 is 1.55. The van der Waals surface area contributed by atoms with Crippen LogP contribution in [0, 0.1) is 0 Å². The summed E-state index contributed by atoms with van der Waals surface area (Å²) < 4.78 is 10.1. The lowest BCUT2D eigenvalue weighted by Crippen LogP contribution is -2.41. The maximum absolute atomic E-state index is 11.7. The van der Waals surface area contributed by atoms with E-state index in [1.165, 1.54) is 19.3 Å². The fourth-order valence-corrected chi connectivity index (χ4v) is 3.25. The molecule has 4 nitrogen and oxygen atoms in total. The summed E-state index contributed by atoms with van der Waals surface area (Å²) in [7, 11) is 0. The first kappa shape index (κ1) is 13.5. The molecule has 0 radical (unpaired) electrons. The molecule has 0 aromatic carbocycles. The Hall–Kier alpha value is -0.970. The second-order valence-corrected chi connectivity index (χ2v) is 6.28. The molecule has 0 atom stereocenters. The first-order valence-corrected chi connectivity index (χ1v) is 7.24. The maximum atomic E-state index is 11.7. The standard InChI is InChI=1S/C13H18O4S/c1-13(2)16-11(14)10(12(15)17-13)8-18-9-6-4-3-5-7-9/h8-9H,3-7H2,1-2H3. The quantitative estimate of drug-likeness (QED) is 0.439. The summed E-state index contributed by atoms with van der Waals surface area (Å²) in [6, 6.07) is 0. The minimum atomic E-state index is -1.15. The topological polar surface area (TPSA) is 52.6 Å². The second kappa shape index (κ2) is 5.34. The predicted octanol–water partition coefficient (Wildman–Crippen LogP) is 2.77. The molecule has 2 rings (SSSR count). The SMILES string of the molecule is CC1(C)OC(=O)C(=CSC2CCCCC2)C(=O)O1. The van der Waals surface area contributed by atoms with E-state index in [2.05, 4.69) is 0 Å². The fraction of sp³-hybridized carbons (Fsp3) is 0.692. The van der Waals surface area contributed by atoms with E-state index in [0.717, 1.165) is 12.8 Å². The number of hydrogen-bond acceptors (Lipinski definition) is 5. The van der Waals surface area contributed by atoms with Crippen molar-refractivity contribution >= 4 is 23.7 Å². The summed E-state index contributed by atoms with van der Waals surface area (Å²) in [5, 5.41) is 2.11. The molecular formula is C13H18O4S.